The average Bonchev–Trinajstić information content (AvgIpc) is 3.16. The Hall–Kier alpha value is -1.41. The van der Waals surface area contributed by atoms with Crippen molar-refractivity contribution in [2.75, 3.05) is 30.9 Å². The zero-order chi connectivity index (χ0) is 21.8. The van der Waals surface area contributed by atoms with E-state index in [0.29, 0.717) is 5.13 Å². The first-order chi connectivity index (χ1) is 14.3. The number of fused-ring (bicyclic) bond motifs is 1. The molecule has 166 valence electrons. The minimum Gasteiger partial charge on any atom is -0.311 e. The first-order valence-electron chi connectivity index (χ1n) is 9.79. The van der Waals surface area contributed by atoms with Gasteiger partial charge in [-0.25, -0.2) is 4.79 Å². The highest BCUT2D eigenvalue weighted by molar-refractivity contribution is 8.01. The van der Waals surface area contributed by atoms with E-state index in [1.165, 1.54) is 30.1 Å². The molecule has 2 aliphatic rings. The molecule has 0 saturated carbocycles. The van der Waals surface area contributed by atoms with Crippen LogP contribution in [0.5, 0.6) is 0 Å². The van der Waals surface area contributed by atoms with Crippen LogP contribution in [0.2, 0.25) is 0 Å². The van der Waals surface area contributed by atoms with Gasteiger partial charge in [0.1, 0.15) is 0 Å². The first-order valence-corrected chi connectivity index (χ1v) is 12.6. The molecule has 3 N–H and O–H groups in total. The van der Waals surface area contributed by atoms with Gasteiger partial charge in [-0.05, 0) is 12.2 Å². The Morgan fingerprint density at radius 1 is 1.23 bits per heavy atom. The van der Waals surface area contributed by atoms with Crippen LogP contribution in [-0.4, -0.2) is 81.1 Å². The van der Waals surface area contributed by atoms with Crippen LogP contribution in [0.15, 0.2) is 4.34 Å². The van der Waals surface area contributed by atoms with Crippen molar-refractivity contribution in [3.05, 3.63) is 0 Å². The van der Waals surface area contributed by atoms with Crippen LogP contribution in [0, 0.1) is 5.92 Å². The number of thioether (sulfide) groups is 2. The van der Waals surface area contributed by atoms with Crippen LogP contribution in [0.1, 0.15) is 26.7 Å². The lowest BCUT2D eigenvalue weighted by Gasteiger charge is -2.50. The molecule has 0 radical (unpaired) electrons. The molecule has 10 nitrogen and oxygen atoms in total. The van der Waals surface area contributed by atoms with Crippen LogP contribution < -0.4 is 16.0 Å². The van der Waals surface area contributed by atoms with Crippen molar-refractivity contribution in [2.24, 2.45) is 5.92 Å². The van der Waals surface area contributed by atoms with E-state index >= 15 is 0 Å². The van der Waals surface area contributed by atoms with Crippen molar-refractivity contribution >= 4 is 57.8 Å². The molecule has 0 aromatic carbocycles. The quantitative estimate of drug-likeness (QED) is 0.380. The molecule has 1 aromatic heterocycles. The number of anilines is 1. The smallest absolute Gasteiger partial charge is 0.311 e. The van der Waals surface area contributed by atoms with Crippen molar-refractivity contribution in [3.8, 4) is 0 Å². The molecule has 3 heterocycles. The molecule has 4 amide bonds. The fourth-order valence-electron chi connectivity index (χ4n) is 3.49. The van der Waals surface area contributed by atoms with Crippen LogP contribution in [0.25, 0.3) is 0 Å². The van der Waals surface area contributed by atoms with Gasteiger partial charge >= 0.3 is 6.03 Å². The lowest BCUT2D eigenvalue weighted by Crippen LogP contribution is -2.74. The SMILES string of the molecule is CCCC1NC(SCC(=O)Nc2nnc(SCC)s2)C2C(=O)N(C)C(=O)N(C)C2N1. The van der Waals surface area contributed by atoms with E-state index in [4.69, 9.17) is 0 Å². The highest BCUT2D eigenvalue weighted by Crippen LogP contribution is 2.32. The number of hydrogen-bond acceptors (Lipinski definition) is 10. The van der Waals surface area contributed by atoms with Crippen LogP contribution in [0.4, 0.5) is 9.93 Å². The molecule has 2 fully saturated rings. The summed E-state index contributed by atoms with van der Waals surface area (Å²) in [5.74, 6) is 0.110. The summed E-state index contributed by atoms with van der Waals surface area (Å²) >= 11 is 4.29. The van der Waals surface area contributed by atoms with E-state index in [1.807, 2.05) is 6.92 Å². The molecular weight excluding hydrogens is 446 g/mol. The van der Waals surface area contributed by atoms with Crippen molar-refractivity contribution in [2.45, 2.75) is 48.7 Å². The minimum absolute atomic E-state index is 0.0416. The Kier molecular flexibility index (Phi) is 7.96. The van der Waals surface area contributed by atoms with E-state index in [1.54, 1.807) is 23.7 Å². The number of carbonyl (C=O) groups excluding carboxylic acids is 3. The van der Waals surface area contributed by atoms with Gasteiger partial charge in [0, 0.05) is 14.1 Å². The van der Waals surface area contributed by atoms with E-state index in [0.717, 1.165) is 27.8 Å². The molecule has 4 atom stereocenters. The summed E-state index contributed by atoms with van der Waals surface area (Å²) < 4.78 is 0.814. The summed E-state index contributed by atoms with van der Waals surface area (Å²) in [7, 11) is 3.19. The Balaban J connectivity index is 1.66. The molecule has 0 aliphatic carbocycles. The lowest BCUT2D eigenvalue weighted by atomic mass is 9.96. The van der Waals surface area contributed by atoms with Gasteiger partial charge in [-0.15, -0.1) is 22.0 Å². The number of nitrogens with one attached hydrogen (secondary N) is 3. The van der Waals surface area contributed by atoms with Gasteiger partial charge in [-0.1, -0.05) is 43.4 Å². The fourth-order valence-corrected chi connectivity index (χ4v) is 6.29. The van der Waals surface area contributed by atoms with Crippen molar-refractivity contribution in [1.29, 1.82) is 0 Å². The zero-order valence-electron chi connectivity index (χ0n) is 17.4. The number of carbonyl (C=O) groups is 3. The Morgan fingerprint density at radius 2 is 2.00 bits per heavy atom. The van der Waals surface area contributed by atoms with Crippen LogP contribution in [0.3, 0.4) is 0 Å². The van der Waals surface area contributed by atoms with Crippen LogP contribution >= 0.6 is 34.9 Å². The van der Waals surface area contributed by atoms with Gasteiger partial charge in [0.05, 0.1) is 29.4 Å². The van der Waals surface area contributed by atoms with E-state index < -0.39 is 12.1 Å². The number of nitrogens with zero attached hydrogens (tertiary/aromatic N) is 4. The average molecular weight is 474 g/mol. The molecule has 30 heavy (non-hydrogen) atoms. The number of imide groups is 1. The second kappa shape index (κ2) is 10.3. The van der Waals surface area contributed by atoms with Crippen molar-refractivity contribution in [1.82, 2.24) is 30.6 Å². The third-order valence-corrected chi connectivity index (χ3v) is 7.99. The van der Waals surface area contributed by atoms with E-state index in [9.17, 15) is 14.4 Å². The van der Waals surface area contributed by atoms with Crippen LogP contribution in [-0.2, 0) is 9.59 Å². The molecule has 1 aromatic rings. The van der Waals surface area contributed by atoms with E-state index in [-0.39, 0.29) is 35.1 Å². The number of rotatable bonds is 8. The normalized spacial score (nSPS) is 26.7. The summed E-state index contributed by atoms with van der Waals surface area (Å²) in [6.45, 7) is 4.11. The molecule has 13 heteroatoms. The van der Waals surface area contributed by atoms with Gasteiger partial charge in [-0.3, -0.25) is 30.4 Å². The maximum atomic E-state index is 12.9. The highest BCUT2D eigenvalue weighted by atomic mass is 32.2. The van der Waals surface area contributed by atoms with Crippen molar-refractivity contribution < 1.29 is 14.4 Å². The third kappa shape index (κ3) is 5.07. The summed E-state index contributed by atoms with van der Waals surface area (Å²) in [5.41, 5.74) is 0. The fraction of sp³-hybridized carbons (Fsp3) is 0.706. The predicted octanol–water partition coefficient (Wildman–Crippen LogP) is 1.43. The molecule has 2 aliphatic heterocycles. The summed E-state index contributed by atoms with van der Waals surface area (Å²) in [6.07, 6.45) is 1.35. The molecule has 4 unspecified atom stereocenters. The summed E-state index contributed by atoms with van der Waals surface area (Å²) in [6, 6.07) is -0.329. The highest BCUT2D eigenvalue weighted by Gasteiger charge is 2.50. The topological polar surface area (TPSA) is 120 Å². The maximum absolute atomic E-state index is 12.9. The van der Waals surface area contributed by atoms with E-state index in [2.05, 4.69) is 33.1 Å². The molecular formula is C17H27N7O3S3. The largest absolute Gasteiger partial charge is 0.327 e. The molecule has 2 saturated heterocycles. The number of aromatic nitrogens is 2. The van der Waals surface area contributed by atoms with Gasteiger partial charge < -0.3 is 4.90 Å². The van der Waals surface area contributed by atoms with Gasteiger partial charge in [0.15, 0.2) is 4.34 Å². The van der Waals surface area contributed by atoms with Gasteiger partial charge in [-0.2, -0.15) is 0 Å². The number of amides is 4. The Bertz CT molecular complexity index is 792. The Morgan fingerprint density at radius 3 is 2.70 bits per heavy atom. The summed E-state index contributed by atoms with van der Waals surface area (Å²) in [5, 5.41) is 17.8. The number of urea groups is 1. The second-order valence-electron chi connectivity index (χ2n) is 7.02. The minimum atomic E-state index is -0.488. The second-order valence-corrected chi connectivity index (χ2v) is 10.6. The molecule has 0 spiro atoms. The lowest BCUT2D eigenvalue weighted by molar-refractivity contribution is -0.140. The molecule has 0 bridgehead atoms. The monoisotopic (exact) mass is 473 g/mol. The first kappa shape index (κ1) is 23.3. The molecule has 3 rings (SSSR count). The predicted molar refractivity (Wildman–Crippen MR) is 119 cm³/mol. The maximum Gasteiger partial charge on any atom is 0.327 e. The zero-order valence-corrected chi connectivity index (χ0v) is 19.8. The summed E-state index contributed by atoms with van der Waals surface area (Å²) in [4.78, 5) is 40.4. The van der Waals surface area contributed by atoms with Gasteiger partial charge in [0.25, 0.3) is 0 Å². The standard InChI is InChI=1S/C17H27N7O3S3/c1-5-7-9-18-12-11(14(26)24(4)17(27)23(12)3)13(19-9)29-8-10(25)20-15-21-22-16(30-15)28-6-2/h9,11-13,18-19H,5-8H2,1-4H3,(H,20,21,25). The van der Waals surface area contributed by atoms with Crippen molar-refractivity contribution in [3.63, 3.8) is 0 Å². The Labute approximate surface area is 188 Å². The van der Waals surface area contributed by atoms with Gasteiger partial charge in [0.2, 0.25) is 16.9 Å². The number of hydrogen-bond donors (Lipinski definition) is 3. The third-order valence-electron chi connectivity index (χ3n) is 4.92.